The zero-order valence-electron chi connectivity index (χ0n) is 28.0. The Morgan fingerprint density at radius 2 is 1.76 bits per heavy atom. The molecule has 1 aliphatic heterocycles. The molecule has 0 spiro atoms. The smallest absolute Gasteiger partial charge is 0.320 e. The fourth-order valence-corrected chi connectivity index (χ4v) is 7.77. The molecular formula is C36H51FN4O4S. The Hall–Kier alpha value is -3.08. The van der Waals surface area contributed by atoms with Crippen molar-refractivity contribution in [3.05, 3.63) is 82.9 Å². The molecule has 0 radical (unpaired) electrons. The van der Waals surface area contributed by atoms with Gasteiger partial charge in [-0.15, -0.1) is 0 Å². The molecule has 2 N–H and O–H groups in total. The molecule has 0 amide bonds. The minimum Gasteiger partial charge on any atom is -0.480 e. The number of aliphatic carboxylic acids is 1. The van der Waals surface area contributed by atoms with Gasteiger partial charge in [0.1, 0.15) is 11.9 Å². The summed E-state index contributed by atoms with van der Waals surface area (Å²) in [5, 5.41) is 16.1. The molecule has 2 aromatic carbocycles. The van der Waals surface area contributed by atoms with E-state index in [0.717, 1.165) is 50.3 Å². The molecule has 1 saturated heterocycles. The highest BCUT2D eigenvalue weighted by Crippen LogP contribution is 2.41. The summed E-state index contributed by atoms with van der Waals surface area (Å²) >= 11 is 0. The van der Waals surface area contributed by atoms with Crippen molar-refractivity contribution in [1.29, 1.82) is 0 Å². The quantitative estimate of drug-likeness (QED) is 0.257. The molecule has 2 heterocycles. The summed E-state index contributed by atoms with van der Waals surface area (Å²) in [5.41, 5.74) is 4.60. The van der Waals surface area contributed by atoms with Crippen LogP contribution in [0.4, 0.5) is 4.39 Å². The fourth-order valence-electron chi connectivity index (χ4n) is 7.14. The minimum atomic E-state index is -3.18. The van der Waals surface area contributed by atoms with Crippen LogP contribution in [0.5, 0.6) is 0 Å². The van der Waals surface area contributed by atoms with Crippen molar-refractivity contribution in [2.24, 2.45) is 11.8 Å². The lowest BCUT2D eigenvalue weighted by molar-refractivity contribution is -0.140. The van der Waals surface area contributed by atoms with Crippen LogP contribution in [0.3, 0.4) is 0 Å². The third kappa shape index (κ3) is 9.48. The molecule has 2 aliphatic rings. The van der Waals surface area contributed by atoms with Crippen LogP contribution >= 0.6 is 0 Å². The number of halogens is 1. The lowest BCUT2D eigenvalue weighted by Gasteiger charge is -2.35. The first kappa shape index (κ1) is 35.8. The van der Waals surface area contributed by atoms with Crippen LogP contribution in [0.2, 0.25) is 0 Å². The molecule has 5 rings (SSSR count). The van der Waals surface area contributed by atoms with Crippen molar-refractivity contribution < 1.29 is 22.7 Å². The number of likely N-dealkylation sites (N-methyl/N-ethyl adjacent to an activating group) is 1. The fraction of sp³-hybridized carbons (Fsp3) is 0.556. The topological polar surface area (TPSA) is 105 Å². The summed E-state index contributed by atoms with van der Waals surface area (Å²) in [6.45, 7) is 10.0. The Labute approximate surface area is 274 Å². The van der Waals surface area contributed by atoms with Crippen molar-refractivity contribution >= 4 is 15.8 Å². The predicted octanol–water partition coefficient (Wildman–Crippen LogP) is 6.11. The number of hydrogen-bond acceptors (Lipinski definition) is 6. The third-order valence-corrected chi connectivity index (χ3v) is 10.7. The number of rotatable bonds is 11. The van der Waals surface area contributed by atoms with E-state index in [-0.39, 0.29) is 11.7 Å². The van der Waals surface area contributed by atoms with E-state index in [2.05, 4.69) is 34.0 Å². The number of carboxylic acids is 1. The molecule has 46 heavy (non-hydrogen) atoms. The number of carbonyl (C=O) groups is 1. The molecule has 2 fully saturated rings. The Morgan fingerprint density at radius 1 is 1.07 bits per heavy atom. The van der Waals surface area contributed by atoms with E-state index < -0.39 is 21.8 Å². The number of nitrogens with one attached hydrogen (secondary N) is 1. The molecule has 1 aromatic heterocycles. The largest absolute Gasteiger partial charge is 0.480 e. The van der Waals surface area contributed by atoms with Gasteiger partial charge in [0, 0.05) is 37.4 Å². The zero-order valence-corrected chi connectivity index (χ0v) is 28.8. The number of nitrogens with zero attached hydrogens (tertiary/aromatic N) is 3. The van der Waals surface area contributed by atoms with Crippen LogP contribution < -0.4 is 5.32 Å². The lowest BCUT2D eigenvalue weighted by atomic mass is 9.87. The predicted molar refractivity (Wildman–Crippen MR) is 180 cm³/mol. The van der Waals surface area contributed by atoms with Crippen molar-refractivity contribution in [3.8, 4) is 0 Å². The normalized spacial score (nSPS) is 20.0. The number of carboxylic acid groups (broad SMARTS) is 1. The van der Waals surface area contributed by atoms with E-state index in [1.807, 2.05) is 32.0 Å². The van der Waals surface area contributed by atoms with E-state index in [4.69, 9.17) is 10.2 Å². The molecule has 2 unspecified atom stereocenters. The highest BCUT2D eigenvalue weighted by molar-refractivity contribution is 7.90. The highest BCUT2D eigenvalue weighted by Gasteiger charge is 2.32. The van der Waals surface area contributed by atoms with Crippen molar-refractivity contribution in [2.45, 2.75) is 88.6 Å². The molecule has 3 aromatic rings. The van der Waals surface area contributed by atoms with Gasteiger partial charge in [-0.25, -0.2) is 12.8 Å². The summed E-state index contributed by atoms with van der Waals surface area (Å²) in [6, 6.07) is 16.2. The van der Waals surface area contributed by atoms with Gasteiger partial charge in [0.2, 0.25) is 0 Å². The maximum atomic E-state index is 13.8. The van der Waals surface area contributed by atoms with Crippen LogP contribution in [-0.2, 0) is 27.6 Å². The first-order valence-electron chi connectivity index (χ1n) is 16.6. The third-order valence-electron chi connectivity index (χ3n) is 9.58. The minimum absolute atomic E-state index is 0.123. The maximum absolute atomic E-state index is 13.8. The summed E-state index contributed by atoms with van der Waals surface area (Å²) in [4.78, 5) is 13.3. The van der Waals surface area contributed by atoms with E-state index in [1.54, 1.807) is 31.3 Å². The number of aromatic nitrogens is 2. The average molecular weight is 655 g/mol. The van der Waals surface area contributed by atoms with Gasteiger partial charge in [-0.2, -0.15) is 5.10 Å². The van der Waals surface area contributed by atoms with Gasteiger partial charge in [-0.3, -0.25) is 9.48 Å². The van der Waals surface area contributed by atoms with Crippen LogP contribution in [-0.4, -0.2) is 73.2 Å². The van der Waals surface area contributed by atoms with Gasteiger partial charge in [0.05, 0.1) is 10.6 Å². The summed E-state index contributed by atoms with van der Waals surface area (Å²) in [6.07, 6.45) is 7.83. The first-order valence-corrected chi connectivity index (χ1v) is 18.5. The van der Waals surface area contributed by atoms with Gasteiger partial charge >= 0.3 is 5.97 Å². The Kier molecular flexibility index (Phi) is 12.6. The van der Waals surface area contributed by atoms with Gasteiger partial charge in [-0.05, 0) is 112 Å². The molecule has 10 heteroatoms. The van der Waals surface area contributed by atoms with E-state index in [9.17, 15) is 17.6 Å². The summed E-state index contributed by atoms with van der Waals surface area (Å²) < 4.78 is 39.5. The van der Waals surface area contributed by atoms with Crippen LogP contribution in [0.25, 0.3) is 0 Å². The number of piperidine rings is 1. The van der Waals surface area contributed by atoms with Gasteiger partial charge in [-0.1, -0.05) is 44.5 Å². The second-order valence-electron chi connectivity index (χ2n) is 13.2. The second-order valence-corrected chi connectivity index (χ2v) is 15.3. The van der Waals surface area contributed by atoms with Crippen molar-refractivity contribution in [3.63, 3.8) is 0 Å². The summed E-state index contributed by atoms with van der Waals surface area (Å²) in [7, 11) is -1.53. The monoisotopic (exact) mass is 654 g/mol. The number of likely N-dealkylation sites (tertiary alicyclic amines) is 1. The number of benzene rings is 2. The van der Waals surface area contributed by atoms with Crippen molar-refractivity contribution in [1.82, 2.24) is 20.0 Å². The van der Waals surface area contributed by atoms with Gasteiger partial charge in [0.25, 0.3) is 0 Å². The lowest BCUT2D eigenvalue weighted by Crippen LogP contribution is -2.38. The van der Waals surface area contributed by atoms with Crippen molar-refractivity contribution in [2.75, 3.05) is 32.9 Å². The molecule has 252 valence electrons. The van der Waals surface area contributed by atoms with Gasteiger partial charge < -0.3 is 15.3 Å². The molecule has 3 atom stereocenters. The van der Waals surface area contributed by atoms with E-state index in [1.165, 1.54) is 36.8 Å². The average Bonchev–Trinajstić information content (AvgIpc) is 3.64. The van der Waals surface area contributed by atoms with Crippen LogP contribution in [0.1, 0.15) is 87.2 Å². The maximum Gasteiger partial charge on any atom is 0.320 e. The Bertz CT molecular complexity index is 1530. The molecule has 1 aliphatic carbocycles. The number of aryl methyl sites for hydroxylation is 1. The molecule has 0 bridgehead atoms. The molecule has 1 saturated carbocycles. The Balaban J connectivity index is 0.000000468. The first-order chi connectivity index (χ1) is 21.9. The van der Waals surface area contributed by atoms with E-state index in [0.29, 0.717) is 29.1 Å². The molecular weight excluding hydrogens is 603 g/mol. The molecule has 8 nitrogen and oxygen atoms in total. The van der Waals surface area contributed by atoms with Crippen LogP contribution in [0.15, 0.2) is 59.5 Å². The highest BCUT2D eigenvalue weighted by atomic mass is 32.2. The van der Waals surface area contributed by atoms with Gasteiger partial charge in [0.15, 0.2) is 9.84 Å². The summed E-state index contributed by atoms with van der Waals surface area (Å²) in [5.74, 6) is 0.832. The standard InChI is InChI=1S/C30H38FN3O2S.C6H13NO2/c1-3-34-30(20-27(32-34)18-22-10-12-28(13-11-22)37(2,35)36)23-14-16-33(17-15-23)21-25-7-5-9-29(25)24-6-4-8-26(31)19-24;1-4(2)5(7-3)6(8)9/h4,6,8,10-13,19-20,23,25,29H,3,5,7,9,14-18,21H2,1-2H3;4-5,7H,1-3H3,(H,8,9)/t25?,29-;/m1./s1. The van der Waals surface area contributed by atoms with Crippen LogP contribution in [0, 0.1) is 17.7 Å². The zero-order chi connectivity index (χ0) is 33.4. The second kappa shape index (κ2) is 16.2. The number of sulfone groups is 1. The van der Waals surface area contributed by atoms with E-state index >= 15 is 0 Å². The SMILES string of the molecule is CCn1nc(Cc2ccc(S(C)(=O)=O)cc2)cc1C1CCN(CC2CCC[C@@H]2c2cccc(F)c2)CC1.CNC(C(=O)O)C(C)C. The Morgan fingerprint density at radius 3 is 2.30 bits per heavy atom. The number of hydrogen-bond donors (Lipinski definition) is 2.